The highest BCUT2D eigenvalue weighted by Crippen LogP contribution is 2.29. The first-order valence-corrected chi connectivity index (χ1v) is 18.8. The van der Waals surface area contributed by atoms with Crippen molar-refractivity contribution in [2.45, 2.75) is 186 Å². The van der Waals surface area contributed by atoms with Crippen LogP contribution in [0.2, 0.25) is 0 Å². The first-order chi connectivity index (χ1) is 22.8. The third kappa shape index (κ3) is 23.3. The summed E-state index contributed by atoms with van der Waals surface area (Å²) in [7, 11) is 0. The highest BCUT2D eigenvalue weighted by molar-refractivity contribution is 5.70. The van der Waals surface area contributed by atoms with Crippen molar-refractivity contribution in [3.05, 3.63) is 24.3 Å². The summed E-state index contributed by atoms with van der Waals surface area (Å²) in [6.45, 7) is 3.79. The van der Waals surface area contributed by atoms with E-state index in [4.69, 9.17) is 14.2 Å². The molecule has 6 atom stereocenters. The summed E-state index contributed by atoms with van der Waals surface area (Å²) in [5.41, 5.74) is 0. The SMILES string of the molecule is CCCCCCCCCCCCCCC(=O)O[C@@H](CO)COC(=O)CCC/C=C\C[C@H]1[C@@H](O)CC(O)O[C@@H]1/C=C/[C@@H](O)CCCCC. The van der Waals surface area contributed by atoms with Crippen molar-refractivity contribution < 1.29 is 44.2 Å². The van der Waals surface area contributed by atoms with Crippen molar-refractivity contribution >= 4 is 11.9 Å². The molecule has 4 N–H and O–H groups in total. The number of aliphatic hydroxyl groups is 4. The molecule has 1 unspecified atom stereocenters. The minimum absolute atomic E-state index is 0.136. The van der Waals surface area contributed by atoms with Gasteiger partial charge in [-0.05, 0) is 32.1 Å². The maximum atomic E-state index is 12.2. The Morgan fingerprint density at radius 1 is 0.809 bits per heavy atom. The number of ether oxygens (including phenoxy) is 3. The van der Waals surface area contributed by atoms with Gasteiger partial charge in [0.15, 0.2) is 12.4 Å². The van der Waals surface area contributed by atoms with Crippen LogP contribution < -0.4 is 0 Å². The molecule has 1 heterocycles. The van der Waals surface area contributed by atoms with Gasteiger partial charge in [0.2, 0.25) is 0 Å². The number of esters is 2. The molecule has 47 heavy (non-hydrogen) atoms. The number of unbranched alkanes of at least 4 members (excludes halogenated alkanes) is 14. The van der Waals surface area contributed by atoms with Crippen LogP contribution in [-0.4, -0.2) is 76.3 Å². The molecule has 274 valence electrons. The number of allylic oxidation sites excluding steroid dienone is 2. The normalized spacial score (nSPS) is 21.3. The van der Waals surface area contributed by atoms with Gasteiger partial charge in [0.25, 0.3) is 0 Å². The molecule has 0 saturated carbocycles. The number of rotatable bonds is 29. The first kappa shape index (κ1) is 43.2. The fraction of sp³-hybridized carbons (Fsp3) is 0.842. The lowest BCUT2D eigenvalue weighted by Crippen LogP contribution is -2.43. The maximum absolute atomic E-state index is 12.2. The van der Waals surface area contributed by atoms with Crippen LogP contribution in [0.25, 0.3) is 0 Å². The van der Waals surface area contributed by atoms with Gasteiger partial charge in [0, 0.05) is 25.2 Å². The van der Waals surface area contributed by atoms with Gasteiger partial charge < -0.3 is 34.6 Å². The van der Waals surface area contributed by atoms with Crippen LogP contribution in [0.5, 0.6) is 0 Å². The second-order valence-electron chi connectivity index (χ2n) is 13.2. The molecule has 9 nitrogen and oxygen atoms in total. The number of carbonyl (C=O) groups excluding carboxylic acids is 2. The van der Waals surface area contributed by atoms with E-state index >= 15 is 0 Å². The van der Waals surface area contributed by atoms with Crippen molar-refractivity contribution in [2.75, 3.05) is 13.2 Å². The Hall–Kier alpha value is -1.78. The molecule has 1 rings (SSSR count). The minimum Gasteiger partial charge on any atom is -0.462 e. The number of aliphatic hydroxyl groups excluding tert-OH is 4. The van der Waals surface area contributed by atoms with Crippen LogP contribution in [0.15, 0.2) is 24.3 Å². The quantitative estimate of drug-likeness (QED) is 0.0369. The molecule has 1 aliphatic rings. The lowest BCUT2D eigenvalue weighted by Gasteiger charge is -2.36. The third-order valence-corrected chi connectivity index (χ3v) is 8.79. The third-order valence-electron chi connectivity index (χ3n) is 8.79. The van der Waals surface area contributed by atoms with Crippen LogP contribution in [0.4, 0.5) is 0 Å². The highest BCUT2D eigenvalue weighted by Gasteiger charge is 2.35. The van der Waals surface area contributed by atoms with Crippen LogP contribution in [-0.2, 0) is 23.8 Å². The monoisotopic (exact) mass is 668 g/mol. The zero-order valence-corrected chi connectivity index (χ0v) is 29.6. The Morgan fingerprint density at radius 3 is 2.04 bits per heavy atom. The van der Waals surface area contributed by atoms with Crippen molar-refractivity contribution in [1.29, 1.82) is 0 Å². The molecule has 1 saturated heterocycles. The predicted molar refractivity (Wildman–Crippen MR) is 186 cm³/mol. The van der Waals surface area contributed by atoms with Gasteiger partial charge in [0.05, 0.1) is 24.9 Å². The predicted octanol–water partition coefficient (Wildman–Crippen LogP) is 7.22. The van der Waals surface area contributed by atoms with Crippen LogP contribution in [0.3, 0.4) is 0 Å². The topological polar surface area (TPSA) is 143 Å². The molecule has 9 heteroatoms. The lowest BCUT2D eigenvalue weighted by molar-refractivity contribution is -0.199. The molecule has 1 fully saturated rings. The first-order valence-electron chi connectivity index (χ1n) is 18.8. The smallest absolute Gasteiger partial charge is 0.306 e. The minimum atomic E-state index is -1.05. The fourth-order valence-corrected chi connectivity index (χ4v) is 5.83. The second-order valence-corrected chi connectivity index (χ2v) is 13.2. The van der Waals surface area contributed by atoms with Gasteiger partial charge in [0.1, 0.15) is 6.61 Å². The van der Waals surface area contributed by atoms with Crippen LogP contribution >= 0.6 is 0 Å². The van der Waals surface area contributed by atoms with Gasteiger partial charge in [-0.3, -0.25) is 9.59 Å². The average molecular weight is 669 g/mol. The summed E-state index contributed by atoms with van der Waals surface area (Å²) in [4.78, 5) is 24.3. The van der Waals surface area contributed by atoms with E-state index in [0.29, 0.717) is 32.1 Å². The molecule has 0 aromatic rings. The maximum Gasteiger partial charge on any atom is 0.306 e. The Kier molecular flexibility index (Phi) is 26.8. The molecule has 0 spiro atoms. The Balaban J connectivity index is 2.20. The zero-order valence-electron chi connectivity index (χ0n) is 29.6. The zero-order chi connectivity index (χ0) is 34.5. The molecule has 1 aliphatic heterocycles. The molecule has 0 aromatic carbocycles. The number of hydrogen-bond donors (Lipinski definition) is 4. The summed E-state index contributed by atoms with van der Waals surface area (Å²) in [6, 6.07) is 0. The highest BCUT2D eigenvalue weighted by atomic mass is 16.6. The van der Waals surface area contributed by atoms with E-state index < -0.39 is 43.3 Å². The number of carbonyl (C=O) groups is 2. The van der Waals surface area contributed by atoms with Crippen molar-refractivity contribution in [3.8, 4) is 0 Å². The second kappa shape index (κ2) is 29.2. The van der Waals surface area contributed by atoms with Crippen molar-refractivity contribution in [2.24, 2.45) is 5.92 Å². The van der Waals surface area contributed by atoms with Crippen LogP contribution in [0.1, 0.15) is 155 Å². The van der Waals surface area contributed by atoms with E-state index in [-0.39, 0.29) is 31.3 Å². The largest absolute Gasteiger partial charge is 0.462 e. The van der Waals surface area contributed by atoms with E-state index in [1.54, 1.807) is 12.2 Å². The molecule has 0 radical (unpaired) electrons. The van der Waals surface area contributed by atoms with Gasteiger partial charge in [-0.2, -0.15) is 0 Å². The molecule has 0 aliphatic carbocycles. The average Bonchev–Trinajstić information content (AvgIpc) is 3.04. The van der Waals surface area contributed by atoms with E-state index in [9.17, 15) is 30.0 Å². The Bertz CT molecular complexity index is 830. The van der Waals surface area contributed by atoms with E-state index in [1.165, 1.54) is 57.8 Å². The van der Waals surface area contributed by atoms with Gasteiger partial charge in [-0.1, -0.05) is 128 Å². The summed E-state index contributed by atoms with van der Waals surface area (Å²) in [6.07, 6.45) is 24.3. The van der Waals surface area contributed by atoms with E-state index in [2.05, 4.69) is 13.8 Å². The summed E-state index contributed by atoms with van der Waals surface area (Å²) in [5.74, 6) is -1.04. The van der Waals surface area contributed by atoms with Gasteiger partial charge >= 0.3 is 11.9 Å². The standard InChI is InChI=1S/C38H68O9/c1-3-5-7-8-9-10-11-12-13-14-15-21-25-37(43)46-32(29-39)30-45-36(42)24-20-17-16-19-23-33-34(41)28-38(44)47-35(33)27-26-31(40)22-18-6-4-2/h16,19,26-27,31-35,38-41,44H,3-15,17-18,20-25,28-30H2,1-2H3/b19-16-,27-26+/t31-,32-,33-,34-,35+,38?/m0/s1. The fourth-order valence-electron chi connectivity index (χ4n) is 5.83. The van der Waals surface area contributed by atoms with Crippen molar-refractivity contribution in [1.82, 2.24) is 0 Å². The molecule has 0 amide bonds. The summed E-state index contributed by atoms with van der Waals surface area (Å²) in [5, 5.41) is 40.3. The van der Waals surface area contributed by atoms with E-state index in [0.717, 1.165) is 38.5 Å². The van der Waals surface area contributed by atoms with Crippen molar-refractivity contribution in [3.63, 3.8) is 0 Å². The Morgan fingerprint density at radius 2 is 1.40 bits per heavy atom. The van der Waals surface area contributed by atoms with Gasteiger partial charge in [-0.15, -0.1) is 0 Å². The summed E-state index contributed by atoms with van der Waals surface area (Å²) >= 11 is 0. The molecular weight excluding hydrogens is 600 g/mol. The number of hydrogen-bond acceptors (Lipinski definition) is 9. The molecule has 0 aromatic heterocycles. The molecule has 0 bridgehead atoms. The van der Waals surface area contributed by atoms with Crippen LogP contribution in [0, 0.1) is 5.92 Å². The molecular formula is C38H68O9. The van der Waals surface area contributed by atoms with E-state index in [1.807, 2.05) is 12.2 Å². The Labute approximate surface area is 285 Å². The van der Waals surface area contributed by atoms with Gasteiger partial charge in [-0.25, -0.2) is 0 Å². The lowest BCUT2D eigenvalue weighted by atomic mass is 9.87. The summed E-state index contributed by atoms with van der Waals surface area (Å²) < 4.78 is 16.2.